The van der Waals surface area contributed by atoms with E-state index in [4.69, 9.17) is 0 Å². The molecular formula is C11H14F4N2O2. The third kappa shape index (κ3) is 4.62. The van der Waals surface area contributed by atoms with Crippen molar-refractivity contribution in [3.63, 3.8) is 0 Å². The molecule has 1 aromatic heterocycles. The molecule has 1 rings (SSSR count). The molecule has 0 amide bonds. The van der Waals surface area contributed by atoms with Crippen LogP contribution in [0.4, 0.5) is 17.6 Å². The number of nitrogens with one attached hydrogen (secondary N) is 1. The summed E-state index contributed by atoms with van der Waals surface area (Å²) in [6.45, 7) is 1.72. The molecule has 0 aliphatic carbocycles. The van der Waals surface area contributed by atoms with Crippen molar-refractivity contribution in [2.24, 2.45) is 0 Å². The smallest absolute Gasteiger partial charge is 0.330 e. The third-order valence-electron chi connectivity index (χ3n) is 2.25. The van der Waals surface area contributed by atoms with Crippen molar-refractivity contribution in [1.29, 1.82) is 0 Å². The number of alkyl halides is 4. The van der Waals surface area contributed by atoms with Crippen LogP contribution in [0.1, 0.15) is 31.3 Å². The van der Waals surface area contributed by atoms with Crippen molar-refractivity contribution in [3.05, 3.63) is 27.9 Å². The zero-order chi connectivity index (χ0) is 14.6. The number of nitrogens with zero attached hydrogens (tertiary/aromatic N) is 1. The van der Waals surface area contributed by atoms with E-state index in [-0.39, 0.29) is 11.7 Å². The fraction of sp³-hybridized carbons (Fsp3) is 0.636. The van der Waals surface area contributed by atoms with Crippen LogP contribution < -0.4 is 5.56 Å². The van der Waals surface area contributed by atoms with Crippen LogP contribution in [0.15, 0.2) is 10.9 Å². The molecule has 0 unspecified atom stereocenters. The molecule has 8 heteroatoms. The van der Waals surface area contributed by atoms with Gasteiger partial charge in [0.2, 0.25) is 0 Å². The largest absolute Gasteiger partial charge is 0.367 e. The third-order valence-corrected chi connectivity index (χ3v) is 2.25. The first-order valence-corrected chi connectivity index (χ1v) is 5.56. The van der Waals surface area contributed by atoms with Crippen LogP contribution in [0, 0.1) is 0 Å². The Kier molecular flexibility index (Phi) is 5.04. The van der Waals surface area contributed by atoms with E-state index in [1.165, 1.54) is 6.07 Å². The minimum Gasteiger partial charge on any atom is -0.367 e. The van der Waals surface area contributed by atoms with Gasteiger partial charge in [0.1, 0.15) is 19.0 Å². The van der Waals surface area contributed by atoms with E-state index in [0.29, 0.717) is 5.69 Å². The van der Waals surface area contributed by atoms with Crippen molar-refractivity contribution in [2.75, 3.05) is 6.61 Å². The molecule has 1 aromatic rings. The summed E-state index contributed by atoms with van der Waals surface area (Å²) >= 11 is 0. The molecule has 0 saturated heterocycles. The van der Waals surface area contributed by atoms with E-state index in [1.807, 2.05) is 0 Å². The standard InChI is InChI=1S/C11H14F4N2O2/c1-6(2)7-3-9(18)17-8(16-7)4-19-5-11(14,15)10(12)13/h3,6,10H,4-5H2,1-2H3,(H,16,17,18). The van der Waals surface area contributed by atoms with Crippen LogP contribution in [0.25, 0.3) is 0 Å². The topological polar surface area (TPSA) is 55.0 Å². The van der Waals surface area contributed by atoms with Crippen LogP contribution >= 0.6 is 0 Å². The predicted octanol–water partition coefficient (Wildman–Crippen LogP) is 2.31. The molecule has 4 nitrogen and oxygen atoms in total. The molecule has 1 heterocycles. The number of halogens is 4. The van der Waals surface area contributed by atoms with E-state index >= 15 is 0 Å². The first kappa shape index (κ1) is 15.6. The van der Waals surface area contributed by atoms with Crippen LogP contribution in [0.3, 0.4) is 0 Å². The molecule has 19 heavy (non-hydrogen) atoms. The summed E-state index contributed by atoms with van der Waals surface area (Å²) in [7, 11) is 0. The Morgan fingerprint density at radius 1 is 1.42 bits per heavy atom. The molecule has 0 spiro atoms. The number of aromatic amines is 1. The summed E-state index contributed by atoms with van der Waals surface area (Å²) in [6.07, 6.45) is -3.79. The van der Waals surface area contributed by atoms with E-state index in [0.717, 1.165) is 0 Å². The molecule has 0 aliphatic rings. The van der Waals surface area contributed by atoms with Gasteiger partial charge in [-0.05, 0) is 5.92 Å². The number of H-pyrrole nitrogens is 1. The summed E-state index contributed by atoms with van der Waals surface area (Å²) in [5.41, 5.74) is 0.0286. The Balaban J connectivity index is 2.66. The van der Waals surface area contributed by atoms with Crippen molar-refractivity contribution >= 4 is 0 Å². The number of ether oxygens (including phenoxy) is 1. The maximum atomic E-state index is 12.6. The summed E-state index contributed by atoms with van der Waals surface area (Å²) in [5, 5.41) is 0. The highest BCUT2D eigenvalue weighted by Gasteiger charge is 2.40. The normalized spacial score (nSPS) is 12.4. The molecule has 108 valence electrons. The monoisotopic (exact) mass is 282 g/mol. The van der Waals surface area contributed by atoms with Crippen molar-refractivity contribution in [3.8, 4) is 0 Å². The van der Waals surface area contributed by atoms with E-state index in [2.05, 4.69) is 14.7 Å². The van der Waals surface area contributed by atoms with Gasteiger partial charge in [0.25, 0.3) is 5.56 Å². The Labute approximate surface area is 106 Å². The fourth-order valence-electron chi connectivity index (χ4n) is 1.24. The Morgan fingerprint density at radius 3 is 2.58 bits per heavy atom. The minimum absolute atomic E-state index is 0.0245. The molecule has 0 radical (unpaired) electrons. The van der Waals surface area contributed by atoms with Crippen molar-refractivity contribution in [2.45, 2.75) is 38.7 Å². The molecule has 0 aliphatic heterocycles. The molecule has 0 bridgehead atoms. The van der Waals surface area contributed by atoms with Crippen LogP contribution in [-0.2, 0) is 11.3 Å². The van der Waals surface area contributed by atoms with E-state index < -0.39 is 31.1 Å². The Bertz CT molecular complexity index is 474. The lowest BCUT2D eigenvalue weighted by molar-refractivity contribution is -0.168. The fourth-order valence-corrected chi connectivity index (χ4v) is 1.24. The van der Waals surface area contributed by atoms with Gasteiger partial charge in [0.05, 0.1) is 5.69 Å². The highest BCUT2D eigenvalue weighted by atomic mass is 19.3. The molecule has 1 N–H and O–H groups in total. The first-order valence-electron chi connectivity index (χ1n) is 5.56. The maximum absolute atomic E-state index is 12.6. The summed E-state index contributed by atoms with van der Waals surface area (Å²) < 4.78 is 53.3. The van der Waals surface area contributed by atoms with Gasteiger partial charge in [0.15, 0.2) is 0 Å². The minimum atomic E-state index is -4.21. The zero-order valence-electron chi connectivity index (χ0n) is 10.4. The number of rotatable bonds is 6. The van der Waals surface area contributed by atoms with Gasteiger partial charge in [-0.3, -0.25) is 4.79 Å². The summed E-state index contributed by atoms with van der Waals surface area (Å²) in [5.74, 6) is -4.21. The lowest BCUT2D eigenvalue weighted by Gasteiger charge is -2.15. The maximum Gasteiger partial charge on any atom is 0.330 e. The van der Waals surface area contributed by atoms with Crippen LogP contribution in [0.5, 0.6) is 0 Å². The second-order valence-electron chi connectivity index (χ2n) is 4.33. The molecule has 0 aromatic carbocycles. The number of hydrogen-bond acceptors (Lipinski definition) is 3. The lowest BCUT2D eigenvalue weighted by Crippen LogP contribution is -2.32. The highest BCUT2D eigenvalue weighted by Crippen LogP contribution is 2.23. The predicted molar refractivity (Wildman–Crippen MR) is 59.6 cm³/mol. The molecule has 0 atom stereocenters. The van der Waals surface area contributed by atoms with Crippen LogP contribution in [-0.4, -0.2) is 28.9 Å². The SMILES string of the molecule is CC(C)c1cc(=O)[nH]c(COCC(F)(F)C(F)F)n1. The van der Waals surface area contributed by atoms with Gasteiger partial charge in [0, 0.05) is 6.07 Å². The van der Waals surface area contributed by atoms with E-state index in [9.17, 15) is 22.4 Å². The van der Waals surface area contributed by atoms with Crippen molar-refractivity contribution in [1.82, 2.24) is 9.97 Å². The number of hydrogen-bond donors (Lipinski definition) is 1. The summed E-state index contributed by atoms with van der Waals surface area (Å²) in [6, 6.07) is 1.28. The average molecular weight is 282 g/mol. The second-order valence-corrected chi connectivity index (χ2v) is 4.33. The quantitative estimate of drug-likeness (QED) is 0.815. The Hall–Kier alpha value is -1.44. The zero-order valence-corrected chi connectivity index (χ0v) is 10.4. The summed E-state index contributed by atoms with van der Waals surface area (Å²) in [4.78, 5) is 17.5. The van der Waals surface area contributed by atoms with Gasteiger partial charge in [-0.15, -0.1) is 0 Å². The molecule has 0 saturated carbocycles. The lowest BCUT2D eigenvalue weighted by atomic mass is 10.1. The first-order chi connectivity index (χ1) is 8.72. The Morgan fingerprint density at radius 2 is 2.05 bits per heavy atom. The van der Waals surface area contributed by atoms with Gasteiger partial charge in [-0.25, -0.2) is 13.8 Å². The molecule has 0 fully saturated rings. The average Bonchev–Trinajstić information content (AvgIpc) is 2.27. The van der Waals surface area contributed by atoms with Gasteiger partial charge < -0.3 is 9.72 Å². The van der Waals surface area contributed by atoms with Gasteiger partial charge >= 0.3 is 12.3 Å². The van der Waals surface area contributed by atoms with Crippen LogP contribution in [0.2, 0.25) is 0 Å². The number of aromatic nitrogens is 2. The van der Waals surface area contributed by atoms with Gasteiger partial charge in [-0.2, -0.15) is 8.78 Å². The molecular weight excluding hydrogens is 268 g/mol. The highest BCUT2D eigenvalue weighted by molar-refractivity contribution is 5.06. The second kappa shape index (κ2) is 6.14. The van der Waals surface area contributed by atoms with Crippen molar-refractivity contribution < 1.29 is 22.3 Å². The van der Waals surface area contributed by atoms with Gasteiger partial charge in [-0.1, -0.05) is 13.8 Å². The van der Waals surface area contributed by atoms with E-state index in [1.54, 1.807) is 13.8 Å².